The van der Waals surface area contributed by atoms with E-state index >= 15 is 0 Å². The van der Waals surface area contributed by atoms with Crippen molar-refractivity contribution in [3.8, 4) is 0 Å². The Morgan fingerprint density at radius 2 is 1.26 bits per heavy atom. The van der Waals surface area contributed by atoms with Gasteiger partial charge in [-0.05, 0) is 45.4 Å². The van der Waals surface area contributed by atoms with Crippen LogP contribution in [0.1, 0.15) is 117 Å². The number of aliphatic carboxylic acids is 1. The number of aliphatic hydroxyl groups excluding tert-OH is 1. The number of amides is 1. The highest BCUT2D eigenvalue weighted by atomic mass is 16.4. The van der Waals surface area contributed by atoms with Gasteiger partial charge in [0.2, 0.25) is 5.91 Å². The number of carbonyl (C=O) groups excluding carboxylic acids is 1. The fourth-order valence-corrected chi connectivity index (χ4v) is 3.44. The third-order valence-corrected chi connectivity index (χ3v) is 5.42. The molecule has 0 aromatic heterocycles. The SMILES string of the molecule is CCCCC/C=C\C/C=C\CCCCCCCCCCCC(=O)N[C@H](C(=O)O)[C@@H](C)O. The van der Waals surface area contributed by atoms with Crippen LogP contribution in [-0.2, 0) is 9.59 Å². The van der Waals surface area contributed by atoms with Gasteiger partial charge < -0.3 is 15.5 Å². The molecule has 2 atom stereocenters. The van der Waals surface area contributed by atoms with Crippen molar-refractivity contribution in [1.29, 1.82) is 0 Å². The average Bonchev–Trinajstić information content (AvgIpc) is 2.73. The molecule has 0 saturated heterocycles. The number of aliphatic hydroxyl groups is 1. The number of hydrogen-bond acceptors (Lipinski definition) is 3. The molecule has 31 heavy (non-hydrogen) atoms. The minimum absolute atomic E-state index is 0.301. The summed E-state index contributed by atoms with van der Waals surface area (Å²) in [5.74, 6) is -1.50. The van der Waals surface area contributed by atoms with E-state index in [9.17, 15) is 14.7 Å². The Morgan fingerprint density at radius 1 is 0.774 bits per heavy atom. The minimum atomic E-state index is -1.22. The van der Waals surface area contributed by atoms with Crippen molar-refractivity contribution in [3.05, 3.63) is 24.3 Å². The third-order valence-electron chi connectivity index (χ3n) is 5.42. The molecule has 0 aromatic rings. The molecule has 0 bridgehead atoms. The number of unbranched alkanes of at least 4 members (excludes halogenated alkanes) is 12. The predicted molar refractivity (Wildman–Crippen MR) is 129 cm³/mol. The van der Waals surface area contributed by atoms with E-state index in [1.165, 1.54) is 77.6 Å². The molecule has 0 aliphatic rings. The molecule has 180 valence electrons. The number of carbonyl (C=O) groups is 2. The third kappa shape index (κ3) is 20.1. The predicted octanol–water partition coefficient (Wildman–Crippen LogP) is 6.31. The van der Waals surface area contributed by atoms with Gasteiger partial charge in [0.15, 0.2) is 6.04 Å². The van der Waals surface area contributed by atoms with Crippen LogP contribution in [0.4, 0.5) is 0 Å². The fraction of sp³-hybridized carbons (Fsp3) is 0.769. The van der Waals surface area contributed by atoms with Gasteiger partial charge in [0, 0.05) is 6.42 Å². The summed E-state index contributed by atoms with van der Waals surface area (Å²) < 4.78 is 0. The lowest BCUT2D eigenvalue weighted by atomic mass is 10.1. The molecule has 0 saturated carbocycles. The maximum absolute atomic E-state index is 11.8. The normalized spacial score (nSPS) is 13.6. The standard InChI is InChI=1S/C26H47NO4/c1-3-4-5-6-7-8-9-10-11-12-13-14-15-16-17-18-19-20-21-22-24(29)27-25(23(2)28)26(30)31/h7-8,10-11,23,25,28H,3-6,9,12-22H2,1-2H3,(H,27,29)(H,30,31)/b8-7-,11-10-/t23-,25+/m1/s1. The summed E-state index contributed by atoms with van der Waals surface area (Å²) >= 11 is 0. The van der Waals surface area contributed by atoms with E-state index in [2.05, 4.69) is 36.5 Å². The Hall–Kier alpha value is -1.62. The van der Waals surface area contributed by atoms with Crippen LogP contribution in [0.2, 0.25) is 0 Å². The summed E-state index contributed by atoms with van der Waals surface area (Å²) in [6.07, 6.45) is 26.2. The van der Waals surface area contributed by atoms with Gasteiger partial charge in [-0.1, -0.05) is 89.0 Å². The molecule has 5 heteroatoms. The van der Waals surface area contributed by atoms with Gasteiger partial charge in [-0.2, -0.15) is 0 Å². The largest absolute Gasteiger partial charge is 0.480 e. The van der Waals surface area contributed by atoms with Gasteiger partial charge in [0.25, 0.3) is 0 Å². The first-order valence-electron chi connectivity index (χ1n) is 12.5. The topological polar surface area (TPSA) is 86.6 Å². The summed E-state index contributed by atoms with van der Waals surface area (Å²) in [6.45, 7) is 3.60. The Morgan fingerprint density at radius 3 is 1.74 bits per heavy atom. The van der Waals surface area contributed by atoms with E-state index in [1.54, 1.807) is 0 Å². The van der Waals surface area contributed by atoms with Crippen molar-refractivity contribution in [2.75, 3.05) is 0 Å². The highest BCUT2D eigenvalue weighted by Crippen LogP contribution is 2.12. The van der Waals surface area contributed by atoms with Crippen LogP contribution in [0.5, 0.6) is 0 Å². The number of carboxylic acids is 1. The number of nitrogens with one attached hydrogen (secondary N) is 1. The van der Waals surface area contributed by atoms with Gasteiger partial charge in [-0.15, -0.1) is 0 Å². The maximum atomic E-state index is 11.8. The second-order valence-electron chi connectivity index (χ2n) is 8.52. The Kier molecular flexibility index (Phi) is 20.5. The first kappa shape index (κ1) is 29.4. The second-order valence-corrected chi connectivity index (χ2v) is 8.52. The van der Waals surface area contributed by atoms with Crippen molar-refractivity contribution < 1.29 is 19.8 Å². The Bertz CT molecular complexity index is 500. The molecule has 0 rings (SSSR count). The Balaban J connectivity index is 3.40. The number of hydrogen-bond donors (Lipinski definition) is 3. The van der Waals surface area contributed by atoms with E-state index < -0.39 is 18.1 Å². The number of rotatable bonds is 21. The molecule has 0 radical (unpaired) electrons. The molecular weight excluding hydrogens is 390 g/mol. The number of allylic oxidation sites excluding steroid dienone is 4. The summed E-state index contributed by atoms with van der Waals surface area (Å²) in [7, 11) is 0. The van der Waals surface area contributed by atoms with Crippen LogP contribution in [0.25, 0.3) is 0 Å². The molecule has 0 spiro atoms. The minimum Gasteiger partial charge on any atom is -0.480 e. The molecule has 3 N–H and O–H groups in total. The van der Waals surface area contributed by atoms with Crippen molar-refractivity contribution in [2.24, 2.45) is 0 Å². The summed E-state index contributed by atoms with van der Waals surface area (Å²) in [4.78, 5) is 22.7. The molecule has 0 unspecified atom stereocenters. The summed E-state index contributed by atoms with van der Waals surface area (Å²) in [6, 6.07) is -1.22. The zero-order valence-corrected chi connectivity index (χ0v) is 20.0. The van der Waals surface area contributed by atoms with Gasteiger partial charge in [0.1, 0.15) is 0 Å². The molecule has 0 fully saturated rings. The fourth-order valence-electron chi connectivity index (χ4n) is 3.44. The molecule has 0 aliphatic heterocycles. The van der Waals surface area contributed by atoms with Crippen molar-refractivity contribution in [2.45, 2.75) is 129 Å². The lowest BCUT2D eigenvalue weighted by molar-refractivity contribution is -0.144. The van der Waals surface area contributed by atoms with Crippen LogP contribution in [0, 0.1) is 0 Å². The zero-order chi connectivity index (χ0) is 23.2. The van der Waals surface area contributed by atoms with Gasteiger partial charge in [0.05, 0.1) is 6.10 Å². The Labute approximate surface area is 190 Å². The van der Waals surface area contributed by atoms with Crippen molar-refractivity contribution in [1.82, 2.24) is 5.32 Å². The van der Waals surface area contributed by atoms with Crippen LogP contribution < -0.4 is 5.32 Å². The molecule has 0 aromatic carbocycles. The quantitative estimate of drug-likeness (QED) is 0.145. The number of carboxylic acid groups (broad SMARTS) is 1. The van der Waals surface area contributed by atoms with Gasteiger partial charge >= 0.3 is 5.97 Å². The zero-order valence-electron chi connectivity index (χ0n) is 20.0. The van der Waals surface area contributed by atoms with Crippen LogP contribution in [0.15, 0.2) is 24.3 Å². The first-order chi connectivity index (χ1) is 15.0. The van der Waals surface area contributed by atoms with E-state index in [4.69, 9.17) is 5.11 Å². The molecule has 0 aliphatic carbocycles. The van der Waals surface area contributed by atoms with Crippen LogP contribution in [-0.4, -0.2) is 34.2 Å². The van der Waals surface area contributed by atoms with Gasteiger partial charge in [-0.25, -0.2) is 4.79 Å². The second kappa shape index (κ2) is 21.6. The monoisotopic (exact) mass is 437 g/mol. The highest BCUT2D eigenvalue weighted by molar-refractivity contribution is 5.83. The van der Waals surface area contributed by atoms with E-state index in [1.807, 2.05) is 0 Å². The van der Waals surface area contributed by atoms with E-state index in [0.717, 1.165) is 25.7 Å². The molecule has 1 amide bonds. The molecule has 0 heterocycles. The lowest BCUT2D eigenvalue weighted by Gasteiger charge is -2.16. The van der Waals surface area contributed by atoms with E-state index in [0.29, 0.717) is 6.42 Å². The summed E-state index contributed by atoms with van der Waals surface area (Å²) in [5, 5.41) is 20.7. The van der Waals surface area contributed by atoms with E-state index in [-0.39, 0.29) is 5.91 Å². The van der Waals surface area contributed by atoms with Gasteiger partial charge in [-0.3, -0.25) is 4.79 Å². The molecular formula is C26H47NO4. The van der Waals surface area contributed by atoms with Crippen LogP contribution >= 0.6 is 0 Å². The summed E-state index contributed by atoms with van der Waals surface area (Å²) in [5.41, 5.74) is 0. The lowest BCUT2D eigenvalue weighted by Crippen LogP contribution is -2.47. The highest BCUT2D eigenvalue weighted by Gasteiger charge is 2.24. The smallest absolute Gasteiger partial charge is 0.328 e. The van der Waals surface area contributed by atoms with Crippen LogP contribution in [0.3, 0.4) is 0 Å². The first-order valence-corrected chi connectivity index (χ1v) is 12.5. The molecule has 5 nitrogen and oxygen atoms in total. The average molecular weight is 438 g/mol. The van der Waals surface area contributed by atoms with Crippen molar-refractivity contribution in [3.63, 3.8) is 0 Å². The van der Waals surface area contributed by atoms with Crippen molar-refractivity contribution >= 4 is 11.9 Å². The maximum Gasteiger partial charge on any atom is 0.328 e.